The molecule has 17 heavy (non-hydrogen) atoms. The lowest BCUT2D eigenvalue weighted by Gasteiger charge is -2.08. The third-order valence-electron chi connectivity index (χ3n) is 2.93. The third-order valence-corrected chi connectivity index (χ3v) is 2.93. The van der Waals surface area contributed by atoms with E-state index < -0.39 is 0 Å². The molecule has 0 spiro atoms. The molecule has 0 heterocycles. The maximum Gasteiger partial charge on any atom is 0.119 e. The second-order valence-electron chi connectivity index (χ2n) is 4.55. The zero-order valence-electron chi connectivity index (χ0n) is 9.86. The molecule has 3 heteroatoms. The summed E-state index contributed by atoms with van der Waals surface area (Å²) >= 11 is 0. The molecule has 1 fully saturated rings. The molecule has 1 aliphatic rings. The fourth-order valence-corrected chi connectivity index (χ4v) is 1.66. The van der Waals surface area contributed by atoms with Crippen LogP contribution in [0.3, 0.4) is 0 Å². The van der Waals surface area contributed by atoms with Crippen molar-refractivity contribution in [3.63, 3.8) is 0 Å². The number of halogens is 1. The molecule has 0 radical (unpaired) electrons. The van der Waals surface area contributed by atoms with Gasteiger partial charge in [-0.2, -0.15) is 0 Å². The van der Waals surface area contributed by atoms with E-state index in [2.05, 4.69) is 0 Å². The minimum Gasteiger partial charge on any atom is -0.493 e. The second-order valence-corrected chi connectivity index (χ2v) is 4.55. The minimum atomic E-state index is 0.254. The molecule has 2 rings (SSSR count). The van der Waals surface area contributed by atoms with Crippen molar-refractivity contribution in [3.05, 3.63) is 41.7 Å². The first kappa shape index (κ1) is 12.1. The summed E-state index contributed by atoms with van der Waals surface area (Å²) < 4.78 is 18.1. The monoisotopic (exact) mass is 235 g/mol. The number of hydrogen-bond acceptors (Lipinski definition) is 2. The van der Waals surface area contributed by atoms with Crippen LogP contribution in [0.4, 0.5) is 4.39 Å². The minimum absolute atomic E-state index is 0.254. The van der Waals surface area contributed by atoms with Gasteiger partial charge in [0.15, 0.2) is 0 Å². The first-order valence-corrected chi connectivity index (χ1v) is 6.01. The van der Waals surface area contributed by atoms with Gasteiger partial charge in [-0.25, -0.2) is 4.39 Å². The maximum absolute atomic E-state index is 12.4. The van der Waals surface area contributed by atoms with Crippen molar-refractivity contribution in [3.8, 4) is 5.75 Å². The molecule has 2 N–H and O–H groups in total. The number of nitrogens with two attached hydrogens (primary N) is 1. The summed E-state index contributed by atoms with van der Waals surface area (Å²) in [5.74, 6) is 1.61. The molecule has 0 bridgehead atoms. The largest absolute Gasteiger partial charge is 0.493 e. The highest BCUT2D eigenvalue weighted by Gasteiger charge is 2.21. The van der Waals surface area contributed by atoms with E-state index in [1.807, 2.05) is 24.3 Å². The van der Waals surface area contributed by atoms with Crippen LogP contribution in [0.2, 0.25) is 0 Å². The molecular formula is C14H18FNO. The van der Waals surface area contributed by atoms with Gasteiger partial charge in [-0.3, -0.25) is 0 Å². The Balaban J connectivity index is 1.94. The van der Waals surface area contributed by atoms with Crippen molar-refractivity contribution in [2.75, 3.05) is 13.2 Å². The zero-order chi connectivity index (χ0) is 12.1. The summed E-state index contributed by atoms with van der Waals surface area (Å²) in [6, 6.07) is 7.79. The lowest BCUT2D eigenvalue weighted by Crippen LogP contribution is -2.05. The first-order chi connectivity index (χ1) is 8.31. The van der Waals surface area contributed by atoms with Crippen LogP contribution < -0.4 is 10.5 Å². The number of rotatable bonds is 6. The molecule has 92 valence electrons. The van der Waals surface area contributed by atoms with E-state index >= 15 is 0 Å². The van der Waals surface area contributed by atoms with E-state index in [0.717, 1.165) is 23.8 Å². The maximum atomic E-state index is 12.4. The lowest BCUT2D eigenvalue weighted by molar-refractivity contribution is 0.299. The van der Waals surface area contributed by atoms with Crippen LogP contribution in [0.1, 0.15) is 18.4 Å². The number of benzene rings is 1. The molecule has 1 saturated carbocycles. The molecule has 1 aromatic rings. The van der Waals surface area contributed by atoms with Gasteiger partial charge in [-0.1, -0.05) is 12.1 Å². The predicted molar refractivity (Wildman–Crippen MR) is 66.6 cm³/mol. The van der Waals surface area contributed by atoms with Crippen LogP contribution in [0.15, 0.2) is 36.2 Å². The van der Waals surface area contributed by atoms with Crippen LogP contribution in [0.25, 0.3) is 0 Å². The Morgan fingerprint density at radius 3 is 2.94 bits per heavy atom. The second kappa shape index (κ2) is 5.82. The zero-order valence-corrected chi connectivity index (χ0v) is 9.86. The fourth-order valence-electron chi connectivity index (χ4n) is 1.66. The SMILES string of the molecule is NC/C(=C\F)Cc1cccc(OCC2CC2)c1. The average Bonchev–Trinajstić information content (AvgIpc) is 3.18. The molecule has 0 aliphatic heterocycles. The van der Waals surface area contributed by atoms with E-state index in [9.17, 15) is 4.39 Å². The van der Waals surface area contributed by atoms with Gasteiger partial charge in [-0.05, 0) is 48.4 Å². The topological polar surface area (TPSA) is 35.2 Å². The van der Waals surface area contributed by atoms with E-state index in [-0.39, 0.29) is 6.54 Å². The standard InChI is InChI=1S/C14H18FNO/c15-8-13(9-16)6-12-2-1-3-14(7-12)17-10-11-4-5-11/h1-3,7-8,11H,4-6,9-10,16H2/b13-8-. The van der Waals surface area contributed by atoms with Crippen molar-refractivity contribution in [1.29, 1.82) is 0 Å². The summed E-state index contributed by atoms with van der Waals surface area (Å²) in [7, 11) is 0. The summed E-state index contributed by atoms with van der Waals surface area (Å²) in [5.41, 5.74) is 7.07. The Morgan fingerprint density at radius 2 is 2.29 bits per heavy atom. The molecule has 0 saturated heterocycles. The van der Waals surface area contributed by atoms with E-state index in [0.29, 0.717) is 18.3 Å². The molecule has 0 aromatic heterocycles. The van der Waals surface area contributed by atoms with Gasteiger partial charge in [0.2, 0.25) is 0 Å². The van der Waals surface area contributed by atoms with Crippen LogP contribution in [0, 0.1) is 5.92 Å². The smallest absolute Gasteiger partial charge is 0.119 e. The molecule has 0 unspecified atom stereocenters. The number of hydrogen-bond donors (Lipinski definition) is 1. The highest BCUT2D eigenvalue weighted by Crippen LogP contribution is 2.29. The lowest BCUT2D eigenvalue weighted by atomic mass is 10.1. The Hall–Kier alpha value is -1.35. The molecule has 2 nitrogen and oxygen atoms in total. The van der Waals surface area contributed by atoms with Crippen molar-refractivity contribution in [2.24, 2.45) is 11.7 Å². The summed E-state index contributed by atoms with van der Waals surface area (Å²) in [6.45, 7) is 1.05. The average molecular weight is 235 g/mol. The summed E-state index contributed by atoms with van der Waals surface area (Å²) in [5, 5.41) is 0. The van der Waals surface area contributed by atoms with Gasteiger partial charge >= 0.3 is 0 Å². The van der Waals surface area contributed by atoms with Gasteiger partial charge in [0.05, 0.1) is 12.9 Å². The normalized spacial score (nSPS) is 16.0. The van der Waals surface area contributed by atoms with Crippen molar-refractivity contribution < 1.29 is 9.13 Å². The van der Waals surface area contributed by atoms with Gasteiger partial charge < -0.3 is 10.5 Å². The van der Waals surface area contributed by atoms with Gasteiger partial charge in [0, 0.05) is 6.54 Å². The quantitative estimate of drug-likeness (QED) is 0.823. The predicted octanol–water partition coefficient (Wildman–Crippen LogP) is 2.83. The van der Waals surface area contributed by atoms with Gasteiger partial charge in [0.1, 0.15) is 5.75 Å². The number of ether oxygens (including phenoxy) is 1. The Morgan fingerprint density at radius 1 is 1.47 bits per heavy atom. The van der Waals surface area contributed by atoms with Crippen LogP contribution in [-0.4, -0.2) is 13.2 Å². The van der Waals surface area contributed by atoms with Gasteiger partial charge in [-0.15, -0.1) is 0 Å². The third kappa shape index (κ3) is 3.86. The Bertz CT molecular complexity index is 399. The highest BCUT2D eigenvalue weighted by molar-refractivity contribution is 5.31. The highest BCUT2D eigenvalue weighted by atomic mass is 19.1. The Labute approximate surface area is 101 Å². The van der Waals surface area contributed by atoms with E-state index in [1.165, 1.54) is 12.8 Å². The van der Waals surface area contributed by atoms with E-state index in [1.54, 1.807) is 0 Å². The summed E-state index contributed by atoms with van der Waals surface area (Å²) in [4.78, 5) is 0. The first-order valence-electron chi connectivity index (χ1n) is 6.01. The van der Waals surface area contributed by atoms with Gasteiger partial charge in [0.25, 0.3) is 0 Å². The summed E-state index contributed by atoms with van der Waals surface area (Å²) in [6.07, 6.45) is 3.70. The molecule has 0 atom stereocenters. The molecule has 1 aliphatic carbocycles. The molecule has 0 amide bonds. The fraction of sp³-hybridized carbons (Fsp3) is 0.429. The van der Waals surface area contributed by atoms with Crippen molar-refractivity contribution in [2.45, 2.75) is 19.3 Å². The molecular weight excluding hydrogens is 217 g/mol. The van der Waals surface area contributed by atoms with Crippen LogP contribution >= 0.6 is 0 Å². The van der Waals surface area contributed by atoms with Crippen LogP contribution in [0.5, 0.6) is 5.75 Å². The van der Waals surface area contributed by atoms with E-state index in [4.69, 9.17) is 10.5 Å². The van der Waals surface area contributed by atoms with Crippen molar-refractivity contribution >= 4 is 0 Å². The van der Waals surface area contributed by atoms with Crippen molar-refractivity contribution in [1.82, 2.24) is 0 Å². The Kier molecular flexibility index (Phi) is 4.15. The van der Waals surface area contributed by atoms with Crippen LogP contribution in [-0.2, 0) is 6.42 Å². The molecule has 1 aromatic carbocycles.